The van der Waals surface area contributed by atoms with Gasteiger partial charge >= 0.3 is 0 Å². The second-order valence-electron chi connectivity index (χ2n) is 7.09. The normalized spacial score (nSPS) is 18.7. The Balaban J connectivity index is 1.53. The lowest BCUT2D eigenvalue weighted by Gasteiger charge is -2.32. The van der Waals surface area contributed by atoms with Gasteiger partial charge < -0.3 is 10.2 Å². The second-order valence-corrected chi connectivity index (χ2v) is 8.16. The van der Waals surface area contributed by atoms with E-state index in [4.69, 9.17) is 0 Å². The lowest BCUT2D eigenvalue weighted by atomic mass is 9.96. The highest BCUT2D eigenvalue weighted by atomic mass is 32.1. The summed E-state index contributed by atoms with van der Waals surface area (Å²) in [6.45, 7) is 6.02. The van der Waals surface area contributed by atoms with Gasteiger partial charge in [0.05, 0.1) is 21.1 Å². The van der Waals surface area contributed by atoms with Crippen molar-refractivity contribution in [2.45, 2.75) is 45.4 Å². The number of nitrogens with one attached hydrogen (secondary N) is 1. The molecule has 1 aliphatic heterocycles. The molecule has 2 aromatic rings. The first-order chi connectivity index (χ1) is 12.6. The van der Waals surface area contributed by atoms with Crippen LogP contribution < -0.4 is 5.32 Å². The topological polar surface area (TPSA) is 62.3 Å². The molecule has 140 valence electrons. The molecular weight excluding hydrogens is 346 g/mol. The molecule has 0 bridgehead atoms. The van der Waals surface area contributed by atoms with Gasteiger partial charge in [-0.2, -0.15) is 0 Å². The molecular formula is C20H27N3O2S. The summed E-state index contributed by atoms with van der Waals surface area (Å²) in [5, 5.41) is 4.13. The number of nitrogens with zero attached hydrogens (tertiary/aromatic N) is 2. The number of thiazole rings is 1. The minimum Gasteiger partial charge on any atom is -0.355 e. The van der Waals surface area contributed by atoms with Crippen LogP contribution in [0.4, 0.5) is 0 Å². The Morgan fingerprint density at radius 2 is 2.19 bits per heavy atom. The molecule has 1 saturated heterocycles. The van der Waals surface area contributed by atoms with E-state index in [0.29, 0.717) is 19.5 Å². The lowest BCUT2D eigenvalue weighted by molar-refractivity contribution is -0.135. The first-order valence-electron chi connectivity index (χ1n) is 9.49. The Kier molecular flexibility index (Phi) is 6.25. The summed E-state index contributed by atoms with van der Waals surface area (Å²) >= 11 is 1.69. The molecule has 1 aromatic carbocycles. The number of amides is 2. The highest BCUT2D eigenvalue weighted by molar-refractivity contribution is 7.18. The van der Waals surface area contributed by atoms with Gasteiger partial charge in [0, 0.05) is 32.0 Å². The number of benzene rings is 1. The van der Waals surface area contributed by atoms with Crippen LogP contribution in [-0.4, -0.2) is 41.3 Å². The van der Waals surface area contributed by atoms with Crippen molar-refractivity contribution in [3.63, 3.8) is 0 Å². The Morgan fingerprint density at radius 3 is 2.96 bits per heavy atom. The van der Waals surface area contributed by atoms with Crippen molar-refractivity contribution in [3.8, 4) is 0 Å². The molecule has 0 radical (unpaired) electrons. The van der Waals surface area contributed by atoms with E-state index in [1.54, 1.807) is 11.3 Å². The fraction of sp³-hybridized carbons (Fsp3) is 0.550. The zero-order chi connectivity index (χ0) is 18.5. The minimum atomic E-state index is -0.0906. The van der Waals surface area contributed by atoms with Crippen molar-refractivity contribution >= 4 is 33.4 Å². The maximum atomic E-state index is 12.6. The monoisotopic (exact) mass is 373 g/mol. The van der Waals surface area contributed by atoms with Crippen LogP contribution in [0.25, 0.3) is 10.2 Å². The molecule has 26 heavy (non-hydrogen) atoms. The third-order valence-electron chi connectivity index (χ3n) is 4.92. The van der Waals surface area contributed by atoms with Crippen LogP contribution in [0.3, 0.4) is 0 Å². The summed E-state index contributed by atoms with van der Waals surface area (Å²) in [6.07, 6.45) is 3.19. The van der Waals surface area contributed by atoms with Gasteiger partial charge in [-0.1, -0.05) is 26.0 Å². The van der Waals surface area contributed by atoms with Crippen molar-refractivity contribution in [1.82, 2.24) is 15.2 Å². The molecule has 1 aromatic heterocycles. The van der Waals surface area contributed by atoms with E-state index in [1.165, 1.54) is 4.70 Å². The summed E-state index contributed by atoms with van der Waals surface area (Å²) in [4.78, 5) is 31.2. The Hall–Kier alpha value is -1.95. The zero-order valence-electron chi connectivity index (χ0n) is 15.5. The second kappa shape index (κ2) is 8.62. The van der Waals surface area contributed by atoms with Crippen molar-refractivity contribution in [2.75, 3.05) is 19.6 Å². The summed E-state index contributed by atoms with van der Waals surface area (Å²) in [5.41, 5.74) is 1.02. The van der Waals surface area contributed by atoms with Crippen LogP contribution in [0, 0.1) is 5.92 Å². The number of para-hydroxylation sites is 1. The van der Waals surface area contributed by atoms with Crippen LogP contribution in [0.2, 0.25) is 0 Å². The minimum absolute atomic E-state index is 0.0620. The van der Waals surface area contributed by atoms with Crippen LogP contribution >= 0.6 is 11.3 Å². The number of likely N-dealkylation sites (tertiary alicyclic amines) is 1. The van der Waals surface area contributed by atoms with Crippen molar-refractivity contribution in [3.05, 3.63) is 29.3 Å². The van der Waals surface area contributed by atoms with Crippen molar-refractivity contribution < 1.29 is 9.59 Å². The molecule has 2 amide bonds. The number of carbonyl (C=O) groups is 2. The number of hydrogen-bond acceptors (Lipinski definition) is 4. The Bertz CT molecular complexity index is 740. The van der Waals surface area contributed by atoms with E-state index < -0.39 is 0 Å². The predicted octanol–water partition coefficient (Wildman–Crippen LogP) is 3.55. The number of rotatable bonds is 6. The third kappa shape index (κ3) is 4.41. The Labute approximate surface area is 158 Å². The van der Waals surface area contributed by atoms with Crippen LogP contribution in [-0.2, 0) is 9.59 Å². The van der Waals surface area contributed by atoms with Crippen molar-refractivity contribution in [1.29, 1.82) is 0 Å². The number of fused-ring (bicyclic) bond motifs is 1. The third-order valence-corrected chi connectivity index (χ3v) is 6.19. The van der Waals surface area contributed by atoms with Crippen LogP contribution in [0.1, 0.15) is 50.5 Å². The van der Waals surface area contributed by atoms with Gasteiger partial charge in [-0.25, -0.2) is 4.98 Å². The van der Waals surface area contributed by atoms with Gasteiger partial charge in [-0.05, 0) is 31.4 Å². The molecule has 0 aliphatic carbocycles. The number of carbonyl (C=O) groups excluding carboxylic acids is 2. The highest BCUT2D eigenvalue weighted by Gasteiger charge is 2.28. The quantitative estimate of drug-likeness (QED) is 0.842. The Morgan fingerprint density at radius 1 is 1.38 bits per heavy atom. The van der Waals surface area contributed by atoms with Gasteiger partial charge in [0.1, 0.15) is 0 Å². The molecule has 0 spiro atoms. The lowest BCUT2D eigenvalue weighted by Crippen LogP contribution is -2.45. The van der Waals surface area contributed by atoms with E-state index in [2.05, 4.69) is 23.3 Å². The SMILES string of the molecule is CCCC(=O)N1CCCC(C(=O)NCC(C)c2nc3ccccc3s2)C1. The van der Waals surface area contributed by atoms with E-state index >= 15 is 0 Å². The molecule has 0 saturated carbocycles. The van der Waals surface area contributed by atoms with Crippen molar-refractivity contribution in [2.24, 2.45) is 5.92 Å². The molecule has 2 atom stereocenters. The fourth-order valence-corrected chi connectivity index (χ4v) is 4.39. The average molecular weight is 374 g/mol. The maximum Gasteiger partial charge on any atom is 0.224 e. The van der Waals surface area contributed by atoms with Gasteiger partial charge in [-0.15, -0.1) is 11.3 Å². The van der Waals surface area contributed by atoms with Gasteiger partial charge in [-0.3, -0.25) is 9.59 Å². The molecule has 1 fully saturated rings. The highest BCUT2D eigenvalue weighted by Crippen LogP contribution is 2.27. The fourth-order valence-electron chi connectivity index (χ4n) is 3.38. The summed E-state index contributed by atoms with van der Waals surface area (Å²) < 4.78 is 1.18. The molecule has 3 rings (SSSR count). The molecule has 1 aliphatic rings. The average Bonchev–Trinajstić information content (AvgIpc) is 3.10. The predicted molar refractivity (Wildman–Crippen MR) is 105 cm³/mol. The molecule has 6 heteroatoms. The first-order valence-corrected chi connectivity index (χ1v) is 10.3. The maximum absolute atomic E-state index is 12.6. The van der Waals surface area contributed by atoms with Crippen LogP contribution in [0.5, 0.6) is 0 Å². The standard InChI is InChI=1S/C20H27N3O2S/c1-3-7-18(24)23-11-6-8-15(13-23)19(25)21-12-14(2)20-22-16-9-4-5-10-17(16)26-20/h4-5,9-10,14-15H,3,6-8,11-13H2,1-2H3,(H,21,25). The molecule has 1 N–H and O–H groups in total. The molecule has 2 heterocycles. The van der Waals surface area contributed by atoms with E-state index in [1.807, 2.05) is 30.0 Å². The van der Waals surface area contributed by atoms with Gasteiger partial charge in [0.2, 0.25) is 11.8 Å². The summed E-state index contributed by atoms with van der Waals surface area (Å²) in [6, 6.07) is 8.11. The van der Waals surface area contributed by atoms with Crippen LogP contribution in [0.15, 0.2) is 24.3 Å². The smallest absolute Gasteiger partial charge is 0.224 e. The van der Waals surface area contributed by atoms with E-state index in [0.717, 1.165) is 36.3 Å². The zero-order valence-corrected chi connectivity index (χ0v) is 16.3. The number of aromatic nitrogens is 1. The summed E-state index contributed by atoms with van der Waals surface area (Å²) in [7, 11) is 0. The van der Waals surface area contributed by atoms with E-state index in [-0.39, 0.29) is 23.7 Å². The molecule has 5 nitrogen and oxygen atoms in total. The van der Waals surface area contributed by atoms with Gasteiger partial charge in [0.25, 0.3) is 0 Å². The van der Waals surface area contributed by atoms with E-state index in [9.17, 15) is 9.59 Å². The summed E-state index contributed by atoms with van der Waals surface area (Å²) in [5.74, 6) is 0.324. The number of piperidine rings is 1. The first kappa shape index (κ1) is 18.8. The molecule has 2 unspecified atom stereocenters. The largest absolute Gasteiger partial charge is 0.355 e. The number of hydrogen-bond donors (Lipinski definition) is 1. The van der Waals surface area contributed by atoms with Gasteiger partial charge in [0.15, 0.2) is 0 Å².